The second kappa shape index (κ2) is 9.06. The first kappa shape index (κ1) is 21.9. The number of fused-ring (bicyclic) bond motifs is 1. The maximum Gasteiger partial charge on any atom is 0.338 e. The minimum Gasteiger partial charge on any atom is -0.462 e. The maximum absolute atomic E-state index is 13.4. The van der Waals surface area contributed by atoms with E-state index in [9.17, 15) is 9.59 Å². The van der Waals surface area contributed by atoms with E-state index in [2.05, 4.69) is 20.9 Å². The fourth-order valence-electron chi connectivity index (χ4n) is 3.37. The Kier molecular flexibility index (Phi) is 6.41. The minimum atomic E-state index is -0.541. The van der Waals surface area contributed by atoms with Gasteiger partial charge in [-0.15, -0.1) is 11.3 Å². The van der Waals surface area contributed by atoms with E-state index in [-0.39, 0.29) is 11.5 Å². The van der Waals surface area contributed by atoms with Crippen LogP contribution in [0.1, 0.15) is 37.3 Å². The van der Waals surface area contributed by atoms with Gasteiger partial charge in [-0.2, -0.15) is 0 Å². The molecule has 3 heterocycles. The Morgan fingerprint density at radius 1 is 1.32 bits per heavy atom. The predicted molar refractivity (Wildman–Crippen MR) is 128 cm³/mol. The second-order valence-electron chi connectivity index (χ2n) is 7.64. The van der Waals surface area contributed by atoms with Crippen molar-refractivity contribution >= 4 is 50.6 Å². The molecular weight excluding hydrogens is 496 g/mol. The molecule has 0 aliphatic carbocycles. The molecule has 0 amide bonds. The quantitative estimate of drug-likeness (QED) is 0.476. The van der Waals surface area contributed by atoms with E-state index >= 15 is 0 Å². The Morgan fingerprint density at radius 3 is 2.81 bits per heavy atom. The minimum absolute atomic E-state index is 0.163. The molecule has 2 aromatic heterocycles. The van der Waals surface area contributed by atoms with E-state index in [1.54, 1.807) is 11.5 Å². The zero-order valence-electron chi connectivity index (χ0n) is 17.3. The molecule has 160 valence electrons. The highest BCUT2D eigenvalue weighted by molar-refractivity contribution is 9.10. The van der Waals surface area contributed by atoms with Crippen LogP contribution in [0.3, 0.4) is 0 Å². The van der Waals surface area contributed by atoms with Crippen molar-refractivity contribution in [3.63, 3.8) is 0 Å². The van der Waals surface area contributed by atoms with Gasteiger partial charge in [-0.25, -0.2) is 9.79 Å². The van der Waals surface area contributed by atoms with Crippen molar-refractivity contribution in [1.29, 1.82) is 0 Å². The molecule has 0 saturated heterocycles. The van der Waals surface area contributed by atoms with Crippen molar-refractivity contribution in [1.82, 2.24) is 4.57 Å². The SMILES string of the molecule is CC1=C(C(=O)OCC(C)C)C(c2cccs2)n2c(sc(=Cc3cccc(Br)c3)c2=O)=N1. The average molecular weight is 517 g/mol. The summed E-state index contributed by atoms with van der Waals surface area (Å²) in [4.78, 5) is 32.6. The van der Waals surface area contributed by atoms with Gasteiger partial charge in [0, 0.05) is 9.35 Å². The van der Waals surface area contributed by atoms with Crippen LogP contribution in [0.4, 0.5) is 0 Å². The summed E-state index contributed by atoms with van der Waals surface area (Å²) >= 11 is 6.31. The van der Waals surface area contributed by atoms with E-state index in [0.29, 0.717) is 27.2 Å². The molecule has 4 rings (SSSR count). The molecule has 0 radical (unpaired) electrons. The highest BCUT2D eigenvalue weighted by Gasteiger charge is 2.34. The van der Waals surface area contributed by atoms with Crippen molar-refractivity contribution < 1.29 is 9.53 Å². The summed E-state index contributed by atoms with van der Waals surface area (Å²) in [7, 11) is 0. The zero-order chi connectivity index (χ0) is 22.1. The topological polar surface area (TPSA) is 60.7 Å². The number of aromatic nitrogens is 1. The van der Waals surface area contributed by atoms with Crippen LogP contribution < -0.4 is 14.9 Å². The van der Waals surface area contributed by atoms with Crippen LogP contribution in [0.25, 0.3) is 6.08 Å². The highest BCUT2D eigenvalue weighted by atomic mass is 79.9. The molecule has 1 aromatic carbocycles. The van der Waals surface area contributed by atoms with Gasteiger partial charge < -0.3 is 4.74 Å². The summed E-state index contributed by atoms with van der Waals surface area (Å²) in [6.45, 7) is 6.10. The number of benzene rings is 1. The number of halogens is 1. The Hall–Kier alpha value is -2.29. The number of carbonyl (C=O) groups excluding carboxylic acids is 1. The van der Waals surface area contributed by atoms with Crippen molar-refractivity contribution in [2.75, 3.05) is 6.61 Å². The lowest BCUT2D eigenvalue weighted by molar-refractivity contribution is -0.140. The monoisotopic (exact) mass is 516 g/mol. The molecule has 31 heavy (non-hydrogen) atoms. The number of thiophene rings is 1. The summed E-state index contributed by atoms with van der Waals surface area (Å²) in [5, 5.41) is 1.94. The van der Waals surface area contributed by atoms with Crippen LogP contribution in [0.2, 0.25) is 0 Å². The number of thiazole rings is 1. The lowest BCUT2D eigenvalue weighted by Gasteiger charge is -2.23. The average Bonchev–Trinajstić information content (AvgIpc) is 3.34. The lowest BCUT2D eigenvalue weighted by Crippen LogP contribution is -2.39. The van der Waals surface area contributed by atoms with E-state index in [4.69, 9.17) is 4.74 Å². The smallest absolute Gasteiger partial charge is 0.338 e. The summed E-state index contributed by atoms with van der Waals surface area (Å²) < 4.78 is 8.67. The van der Waals surface area contributed by atoms with Crippen LogP contribution >= 0.6 is 38.6 Å². The van der Waals surface area contributed by atoms with E-state index in [0.717, 1.165) is 14.9 Å². The molecule has 1 aliphatic heterocycles. The van der Waals surface area contributed by atoms with Gasteiger partial charge >= 0.3 is 5.97 Å². The Morgan fingerprint density at radius 2 is 2.13 bits per heavy atom. The molecule has 1 aliphatic rings. The van der Waals surface area contributed by atoms with Crippen LogP contribution in [-0.4, -0.2) is 17.1 Å². The van der Waals surface area contributed by atoms with Gasteiger partial charge in [0.25, 0.3) is 5.56 Å². The van der Waals surface area contributed by atoms with E-state index in [1.165, 1.54) is 22.7 Å². The van der Waals surface area contributed by atoms with Crippen LogP contribution in [0.15, 0.2) is 67.3 Å². The summed E-state index contributed by atoms with van der Waals surface area (Å²) in [6.07, 6.45) is 1.86. The third-order valence-corrected chi connectivity index (χ3v) is 7.15. The van der Waals surface area contributed by atoms with Crippen LogP contribution in [0, 0.1) is 5.92 Å². The first-order chi connectivity index (χ1) is 14.8. The molecule has 3 aromatic rings. The number of ether oxygens (including phenoxy) is 1. The lowest BCUT2D eigenvalue weighted by atomic mass is 10.0. The molecule has 1 atom stereocenters. The number of carbonyl (C=O) groups is 1. The highest BCUT2D eigenvalue weighted by Crippen LogP contribution is 2.33. The summed E-state index contributed by atoms with van der Waals surface area (Å²) in [6, 6.07) is 11.1. The first-order valence-corrected chi connectivity index (χ1v) is 12.3. The van der Waals surface area contributed by atoms with Crippen molar-refractivity contribution in [3.8, 4) is 0 Å². The predicted octanol–water partition coefficient (Wildman–Crippen LogP) is 4.26. The standard InChI is InChI=1S/C23H21BrN2O3S2/c1-13(2)12-29-22(28)19-14(3)25-23-26(20(19)17-8-5-9-30-17)21(27)18(31-23)11-15-6-4-7-16(24)10-15/h4-11,13,20H,12H2,1-3H3. The Balaban J connectivity index is 1.88. The Bertz CT molecular complexity index is 1330. The molecule has 0 bridgehead atoms. The molecule has 1 unspecified atom stereocenters. The largest absolute Gasteiger partial charge is 0.462 e. The first-order valence-electron chi connectivity index (χ1n) is 9.84. The van der Waals surface area contributed by atoms with Gasteiger partial charge in [0.1, 0.15) is 6.04 Å². The number of nitrogens with zero attached hydrogens (tertiary/aromatic N) is 2. The number of hydrogen-bond acceptors (Lipinski definition) is 6. The molecule has 0 saturated carbocycles. The van der Waals surface area contributed by atoms with Crippen molar-refractivity contribution in [2.45, 2.75) is 26.8 Å². The van der Waals surface area contributed by atoms with Crippen LogP contribution in [0.5, 0.6) is 0 Å². The number of hydrogen-bond donors (Lipinski definition) is 0. The summed E-state index contributed by atoms with van der Waals surface area (Å²) in [5.41, 5.74) is 1.76. The van der Waals surface area contributed by atoms with Crippen molar-refractivity contribution in [3.05, 3.63) is 87.6 Å². The molecule has 0 spiro atoms. The Labute approximate surface area is 196 Å². The number of allylic oxidation sites excluding steroid dienone is 1. The third-order valence-electron chi connectivity index (χ3n) is 4.75. The van der Waals surface area contributed by atoms with Gasteiger partial charge in [0.05, 0.1) is 22.4 Å². The summed E-state index contributed by atoms with van der Waals surface area (Å²) in [5.74, 6) is -0.203. The third kappa shape index (κ3) is 4.51. The fourth-order valence-corrected chi connectivity index (χ4v) is 5.65. The normalized spacial score (nSPS) is 16.4. The van der Waals surface area contributed by atoms with Crippen molar-refractivity contribution in [2.24, 2.45) is 10.9 Å². The second-order valence-corrected chi connectivity index (χ2v) is 10.5. The van der Waals surface area contributed by atoms with Gasteiger partial charge in [-0.1, -0.05) is 59.3 Å². The van der Waals surface area contributed by atoms with Gasteiger partial charge in [-0.05, 0) is 48.1 Å². The van der Waals surface area contributed by atoms with Gasteiger partial charge in [0.15, 0.2) is 4.80 Å². The molecule has 0 N–H and O–H groups in total. The maximum atomic E-state index is 13.4. The van der Waals surface area contributed by atoms with E-state index in [1.807, 2.05) is 61.7 Å². The molecular formula is C23H21BrN2O3S2. The number of rotatable bonds is 5. The molecule has 5 nitrogen and oxygen atoms in total. The fraction of sp³-hybridized carbons (Fsp3) is 0.261. The van der Waals surface area contributed by atoms with Gasteiger partial charge in [-0.3, -0.25) is 9.36 Å². The molecule has 0 fully saturated rings. The van der Waals surface area contributed by atoms with Crippen LogP contribution in [-0.2, 0) is 9.53 Å². The zero-order valence-corrected chi connectivity index (χ0v) is 20.5. The van der Waals surface area contributed by atoms with Gasteiger partial charge in [0.2, 0.25) is 0 Å². The molecule has 8 heteroatoms. The van der Waals surface area contributed by atoms with E-state index < -0.39 is 12.0 Å². The number of esters is 1.